The molecule has 0 saturated carbocycles. The smallest absolute Gasteiger partial charge is 0.203 e. The average Bonchev–Trinajstić information content (AvgIpc) is 3.17. The molecule has 2 unspecified atom stereocenters. The van der Waals surface area contributed by atoms with Crippen LogP contribution < -0.4 is 4.74 Å². The average molecular weight is 288 g/mol. The topological polar surface area (TPSA) is 45.5 Å². The fraction of sp³-hybridized carbons (Fsp3) is 0.438. The number of benzene rings is 1. The van der Waals surface area contributed by atoms with E-state index in [1.807, 2.05) is 54.2 Å². The minimum absolute atomic E-state index is 0.00391. The van der Waals surface area contributed by atoms with E-state index < -0.39 is 5.79 Å². The second-order valence-corrected chi connectivity index (χ2v) is 5.14. The van der Waals surface area contributed by atoms with Gasteiger partial charge in [0.15, 0.2) is 0 Å². The van der Waals surface area contributed by atoms with Gasteiger partial charge in [0.1, 0.15) is 18.5 Å². The highest BCUT2D eigenvalue weighted by Crippen LogP contribution is 2.29. The monoisotopic (exact) mass is 288 g/mol. The van der Waals surface area contributed by atoms with E-state index in [0.717, 1.165) is 12.2 Å². The van der Waals surface area contributed by atoms with Gasteiger partial charge in [0.2, 0.25) is 5.79 Å². The maximum absolute atomic E-state index is 6.09. The normalized spacial score (nSPS) is 25.1. The molecule has 2 atom stereocenters. The number of hydrogen-bond donors (Lipinski definition) is 0. The van der Waals surface area contributed by atoms with Crippen LogP contribution in [-0.2, 0) is 16.0 Å². The molecule has 5 nitrogen and oxygen atoms in total. The first-order valence-corrected chi connectivity index (χ1v) is 7.27. The number of nitrogens with zero attached hydrogens (tertiary/aromatic N) is 2. The van der Waals surface area contributed by atoms with E-state index in [0.29, 0.717) is 19.8 Å². The Kier molecular flexibility index (Phi) is 4.22. The van der Waals surface area contributed by atoms with Gasteiger partial charge in [0, 0.05) is 18.8 Å². The fourth-order valence-corrected chi connectivity index (χ4v) is 2.40. The second-order valence-electron chi connectivity index (χ2n) is 5.14. The quantitative estimate of drug-likeness (QED) is 0.819. The summed E-state index contributed by atoms with van der Waals surface area (Å²) >= 11 is 0. The van der Waals surface area contributed by atoms with Gasteiger partial charge in [-0.3, -0.25) is 4.68 Å². The molecule has 0 aliphatic carbocycles. The Morgan fingerprint density at radius 1 is 1.33 bits per heavy atom. The first-order valence-electron chi connectivity index (χ1n) is 7.27. The van der Waals surface area contributed by atoms with Gasteiger partial charge in [-0.15, -0.1) is 0 Å². The number of hydrogen-bond acceptors (Lipinski definition) is 4. The standard InChI is InChI=1S/C16H20N2O3/c1-2-16(13-19-14-7-4-3-5-8-14)20-12-15(21-16)11-18-10-6-9-17-18/h3-10,15H,2,11-13H2,1H3. The summed E-state index contributed by atoms with van der Waals surface area (Å²) in [4.78, 5) is 0. The van der Waals surface area contributed by atoms with Gasteiger partial charge in [-0.05, 0) is 18.2 Å². The number of para-hydroxylation sites is 1. The Morgan fingerprint density at radius 2 is 2.19 bits per heavy atom. The summed E-state index contributed by atoms with van der Waals surface area (Å²) in [6, 6.07) is 11.6. The van der Waals surface area contributed by atoms with Crippen molar-refractivity contribution in [2.75, 3.05) is 13.2 Å². The van der Waals surface area contributed by atoms with Gasteiger partial charge in [0.05, 0.1) is 13.2 Å². The van der Waals surface area contributed by atoms with E-state index in [2.05, 4.69) is 5.10 Å². The lowest BCUT2D eigenvalue weighted by Gasteiger charge is -2.26. The van der Waals surface area contributed by atoms with E-state index in [4.69, 9.17) is 14.2 Å². The number of rotatable bonds is 6. The van der Waals surface area contributed by atoms with E-state index in [1.165, 1.54) is 0 Å². The van der Waals surface area contributed by atoms with Crippen LogP contribution in [0.1, 0.15) is 13.3 Å². The molecule has 0 N–H and O–H groups in total. The molecule has 0 spiro atoms. The van der Waals surface area contributed by atoms with Crippen molar-refractivity contribution < 1.29 is 14.2 Å². The van der Waals surface area contributed by atoms with Crippen LogP contribution in [-0.4, -0.2) is 34.9 Å². The third kappa shape index (κ3) is 3.43. The maximum atomic E-state index is 6.09. The third-order valence-electron chi connectivity index (χ3n) is 3.60. The van der Waals surface area contributed by atoms with Crippen molar-refractivity contribution >= 4 is 0 Å². The van der Waals surface area contributed by atoms with Crippen molar-refractivity contribution in [3.8, 4) is 5.75 Å². The van der Waals surface area contributed by atoms with E-state index in [-0.39, 0.29) is 6.10 Å². The molecule has 0 radical (unpaired) electrons. The fourth-order valence-electron chi connectivity index (χ4n) is 2.40. The Hall–Kier alpha value is -1.85. The molecule has 1 fully saturated rings. The molecule has 1 aliphatic rings. The number of aromatic nitrogens is 2. The first kappa shape index (κ1) is 14.1. The largest absolute Gasteiger partial charge is 0.488 e. The van der Waals surface area contributed by atoms with Crippen molar-refractivity contribution in [1.82, 2.24) is 9.78 Å². The molecule has 5 heteroatoms. The lowest BCUT2D eigenvalue weighted by molar-refractivity contribution is -0.189. The van der Waals surface area contributed by atoms with Crippen molar-refractivity contribution in [3.63, 3.8) is 0 Å². The van der Waals surface area contributed by atoms with Gasteiger partial charge in [-0.2, -0.15) is 5.10 Å². The van der Waals surface area contributed by atoms with Crippen LogP contribution in [0.25, 0.3) is 0 Å². The predicted octanol–water partition coefficient (Wildman–Crippen LogP) is 2.48. The first-order chi connectivity index (χ1) is 10.3. The summed E-state index contributed by atoms with van der Waals surface area (Å²) < 4.78 is 19.6. The van der Waals surface area contributed by atoms with Crippen LogP contribution >= 0.6 is 0 Å². The van der Waals surface area contributed by atoms with Crippen LogP contribution in [0.5, 0.6) is 5.75 Å². The van der Waals surface area contributed by atoms with Crippen LogP contribution in [0.15, 0.2) is 48.8 Å². The van der Waals surface area contributed by atoms with Crippen molar-refractivity contribution in [3.05, 3.63) is 48.8 Å². The molecule has 1 aromatic carbocycles. The molecule has 112 valence electrons. The lowest BCUT2D eigenvalue weighted by atomic mass is 10.2. The van der Waals surface area contributed by atoms with Crippen LogP contribution in [0, 0.1) is 0 Å². The summed E-state index contributed by atoms with van der Waals surface area (Å²) in [5.41, 5.74) is 0. The minimum atomic E-state index is -0.659. The van der Waals surface area contributed by atoms with Gasteiger partial charge in [-0.1, -0.05) is 25.1 Å². The highest BCUT2D eigenvalue weighted by molar-refractivity contribution is 5.21. The minimum Gasteiger partial charge on any atom is -0.488 e. The highest BCUT2D eigenvalue weighted by atomic mass is 16.8. The van der Waals surface area contributed by atoms with Crippen LogP contribution in [0.4, 0.5) is 0 Å². The second kappa shape index (κ2) is 6.28. The van der Waals surface area contributed by atoms with E-state index in [1.54, 1.807) is 6.20 Å². The van der Waals surface area contributed by atoms with Crippen LogP contribution in [0.2, 0.25) is 0 Å². The zero-order chi connectivity index (χ0) is 14.5. The molecule has 1 aromatic heterocycles. The number of ether oxygens (including phenoxy) is 3. The zero-order valence-electron chi connectivity index (χ0n) is 12.1. The summed E-state index contributed by atoms with van der Waals surface area (Å²) in [6.45, 7) is 3.69. The Balaban J connectivity index is 1.57. The lowest BCUT2D eigenvalue weighted by Crippen LogP contribution is -2.37. The summed E-state index contributed by atoms with van der Waals surface area (Å²) in [5.74, 6) is 0.168. The molecule has 1 saturated heterocycles. The van der Waals surface area contributed by atoms with Gasteiger partial charge >= 0.3 is 0 Å². The Morgan fingerprint density at radius 3 is 2.90 bits per heavy atom. The molecule has 0 bridgehead atoms. The maximum Gasteiger partial charge on any atom is 0.203 e. The molecule has 3 rings (SSSR count). The van der Waals surface area contributed by atoms with Crippen molar-refractivity contribution in [2.45, 2.75) is 31.8 Å². The molecular weight excluding hydrogens is 268 g/mol. The Labute approximate surface area is 124 Å². The summed E-state index contributed by atoms with van der Waals surface area (Å²) in [5, 5.41) is 4.20. The van der Waals surface area contributed by atoms with Gasteiger partial charge in [0.25, 0.3) is 0 Å². The van der Waals surface area contributed by atoms with E-state index in [9.17, 15) is 0 Å². The summed E-state index contributed by atoms with van der Waals surface area (Å²) in [6.07, 6.45) is 4.44. The van der Waals surface area contributed by atoms with Gasteiger partial charge in [-0.25, -0.2) is 0 Å². The molecule has 2 heterocycles. The highest BCUT2D eigenvalue weighted by Gasteiger charge is 2.41. The molecule has 2 aromatic rings. The Bertz CT molecular complexity index is 544. The zero-order valence-corrected chi connectivity index (χ0v) is 12.1. The SMILES string of the molecule is CCC1(COc2ccccc2)OCC(Cn2cccn2)O1. The summed E-state index contributed by atoms with van der Waals surface area (Å²) in [7, 11) is 0. The van der Waals surface area contributed by atoms with E-state index >= 15 is 0 Å². The third-order valence-corrected chi connectivity index (χ3v) is 3.60. The molecule has 0 amide bonds. The molecule has 21 heavy (non-hydrogen) atoms. The molecule has 1 aliphatic heterocycles. The van der Waals surface area contributed by atoms with Crippen molar-refractivity contribution in [2.24, 2.45) is 0 Å². The van der Waals surface area contributed by atoms with Gasteiger partial charge < -0.3 is 14.2 Å². The van der Waals surface area contributed by atoms with Crippen LogP contribution in [0.3, 0.4) is 0 Å². The molecular formula is C16H20N2O3. The predicted molar refractivity (Wildman–Crippen MR) is 78.0 cm³/mol. The van der Waals surface area contributed by atoms with Crippen molar-refractivity contribution in [1.29, 1.82) is 0 Å².